The monoisotopic (exact) mass is 816 g/mol. The van der Waals surface area contributed by atoms with E-state index in [4.69, 9.17) is 0 Å². The number of benzene rings is 9. The fourth-order valence-corrected chi connectivity index (χ4v) is 10.5. The van der Waals surface area contributed by atoms with Crippen molar-refractivity contribution in [3.8, 4) is 39.1 Å². The van der Waals surface area contributed by atoms with Crippen molar-refractivity contribution in [2.75, 3.05) is 11.4 Å². The van der Waals surface area contributed by atoms with Crippen molar-refractivity contribution in [1.82, 2.24) is 4.57 Å². The number of hydrogen-bond acceptors (Lipinski definition) is 1. The lowest BCUT2D eigenvalue weighted by Gasteiger charge is -2.34. The van der Waals surface area contributed by atoms with Gasteiger partial charge in [0.1, 0.15) is 0 Å². The van der Waals surface area contributed by atoms with E-state index in [-0.39, 0.29) is 0 Å². The second kappa shape index (κ2) is 15.3. The van der Waals surface area contributed by atoms with Crippen LogP contribution in [0.25, 0.3) is 66.4 Å². The maximum absolute atomic E-state index is 4.56. The summed E-state index contributed by atoms with van der Waals surface area (Å²) < 4.78 is 2.39. The second-order valence-corrected chi connectivity index (χ2v) is 16.9. The van der Waals surface area contributed by atoms with Gasteiger partial charge in [0.15, 0.2) is 0 Å². The third-order valence-corrected chi connectivity index (χ3v) is 13.5. The van der Waals surface area contributed by atoms with Gasteiger partial charge >= 0.3 is 0 Å². The quantitative estimate of drug-likeness (QED) is 0.162. The van der Waals surface area contributed by atoms with Crippen molar-refractivity contribution >= 4 is 38.8 Å². The van der Waals surface area contributed by atoms with Gasteiger partial charge in [-0.05, 0) is 110 Å². The van der Waals surface area contributed by atoms with Crippen molar-refractivity contribution in [1.29, 1.82) is 0 Å². The zero-order valence-corrected chi connectivity index (χ0v) is 35.4. The van der Waals surface area contributed by atoms with Crippen LogP contribution in [0.2, 0.25) is 0 Å². The van der Waals surface area contributed by atoms with Crippen LogP contribution in [0.1, 0.15) is 27.8 Å². The summed E-state index contributed by atoms with van der Waals surface area (Å²) in [5.41, 5.74) is 19.9. The number of fused-ring (bicyclic) bond motifs is 7. The zero-order chi connectivity index (χ0) is 42.6. The van der Waals surface area contributed by atoms with Crippen LogP contribution in [0.5, 0.6) is 0 Å². The Morgan fingerprint density at radius 2 is 0.969 bits per heavy atom. The van der Waals surface area contributed by atoms with Gasteiger partial charge in [-0.3, -0.25) is 0 Å². The van der Waals surface area contributed by atoms with E-state index in [2.05, 4.69) is 259 Å². The lowest BCUT2D eigenvalue weighted by atomic mass is 9.68. The Bertz CT molecular complexity index is 3410. The van der Waals surface area contributed by atoms with Crippen LogP contribution in [0.4, 0.5) is 11.4 Å². The van der Waals surface area contributed by atoms with Gasteiger partial charge in [0.05, 0.1) is 16.4 Å². The highest BCUT2D eigenvalue weighted by atomic mass is 15.1. The lowest BCUT2D eigenvalue weighted by molar-refractivity contribution is 0.768. The molecule has 0 saturated carbocycles. The van der Waals surface area contributed by atoms with E-state index < -0.39 is 5.41 Å². The molecular weight excluding hydrogens is 773 g/mol. The Morgan fingerprint density at radius 3 is 1.72 bits per heavy atom. The van der Waals surface area contributed by atoms with Crippen LogP contribution in [0.3, 0.4) is 0 Å². The number of allylic oxidation sites excluding steroid dienone is 4. The summed E-state index contributed by atoms with van der Waals surface area (Å²) in [5.74, 6) is 0. The fourth-order valence-electron chi connectivity index (χ4n) is 10.5. The third kappa shape index (κ3) is 5.95. The molecule has 12 rings (SSSR count). The standard InChI is InChI=1S/C62H44N2/c1-43-17-5-4-16-40-63(50-36-32-49(33-37-50)62(48-20-8-3-9-21-48)57-25-13-10-22-53(57)54-23-11-14-26-58(54)62)61-42-47(30-38-52(43)61)46-31-39-60-56(41-46)55-24-12-15-27-59(55)64(60)51-34-28-45(29-35-51)44-18-6-2-7-19-44/h2-39,41-42H,1,40H2/b16-4-,17-5-. The van der Waals surface area contributed by atoms with Crippen LogP contribution < -0.4 is 4.90 Å². The molecule has 64 heavy (non-hydrogen) atoms. The maximum Gasteiger partial charge on any atom is 0.0713 e. The summed E-state index contributed by atoms with van der Waals surface area (Å²) in [6.07, 6.45) is 8.59. The predicted molar refractivity (Wildman–Crippen MR) is 270 cm³/mol. The molecule has 2 heterocycles. The molecule has 1 aliphatic carbocycles. The normalized spacial score (nSPS) is 14.9. The molecule has 302 valence electrons. The second-order valence-electron chi connectivity index (χ2n) is 16.9. The Morgan fingerprint density at radius 1 is 0.406 bits per heavy atom. The molecule has 10 aromatic rings. The summed E-state index contributed by atoms with van der Waals surface area (Å²) >= 11 is 0. The molecule has 1 aromatic heterocycles. The van der Waals surface area contributed by atoms with Gasteiger partial charge in [-0.1, -0.05) is 201 Å². The molecule has 0 unspecified atom stereocenters. The third-order valence-electron chi connectivity index (χ3n) is 13.5. The summed E-state index contributed by atoms with van der Waals surface area (Å²) in [5, 5.41) is 2.47. The average molecular weight is 817 g/mol. The number of hydrogen-bond donors (Lipinski definition) is 0. The number of para-hydroxylation sites is 1. The smallest absolute Gasteiger partial charge is 0.0713 e. The zero-order valence-electron chi connectivity index (χ0n) is 35.4. The maximum atomic E-state index is 4.56. The molecule has 0 atom stereocenters. The molecule has 2 heteroatoms. The molecule has 0 fully saturated rings. The van der Waals surface area contributed by atoms with Gasteiger partial charge in [0.2, 0.25) is 0 Å². The number of aromatic nitrogens is 1. The molecular formula is C62H44N2. The Kier molecular flexibility index (Phi) is 8.98. The van der Waals surface area contributed by atoms with E-state index in [1.165, 1.54) is 71.9 Å². The average Bonchev–Trinajstić information content (AvgIpc) is 3.88. The minimum absolute atomic E-state index is 0.447. The molecule has 9 aromatic carbocycles. The van der Waals surface area contributed by atoms with E-state index in [1.54, 1.807) is 0 Å². The first-order valence-corrected chi connectivity index (χ1v) is 22.2. The largest absolute Gasteiger partial charge is 0.337 e. The summed E-state index contributed by atoms with van der Waals surface area (Å²) in [6.45, 7) is 5.27. The molecule has 1 aliphatic heterocycles. The molecule has 0 amide bonds. The molecule has 0 spiro atoms. The summed E-state index contributed by atoms with van der Waals surface area (Å²) in [7, 11) is 0. The Balaban J connectivity index is 0.964. The lowest BCUT2D eigenvalue weighted by Crippen LogP contribution is -2.28. The molecule has 0 bridgehead atoms. The van der Waals surface area contributed by atoms with Crippen LogP contribution >= 0.6 is 0 Å². The predicted octanol–water partition coefficient (Wildman–Crippen LogP) is 15.8. The van der Waals surface area contributed by atoms with E-state index >= 15 is 0 Å². The molecule has 2 aliphatic rings. The topological polar surface area (TPSA) is 8.17 Å². The first-order valence-electron chi connectivity index (χ1n) is 22.2. The van der Waals surface area contributed by atoms with Gasteiger partial charge < -0.3 is 9.47 Å². The molecule has 0 saturated heterocycles. The van der Waals surface area contributed by atoms with E-state index in [0.29, 0.717) is 6.54 Å². The highest BCUT2D eigenvalue weighted by Gasteiger charge is 2.45. The van der Waals surface area contributed by atoms with Crippen LogP contribution in [-0.2, 0) is 5.41 Å². The highest BCUT2D eigenvalue weighted by Crippen LogP contribution is 2.56. The van der Waals surface area contributed by atoms with Gasteiger partial charge in [-0.25, -0.2) is 0 Å². The fraction of sp³-hybridized carbons (Fsp3) is 0.0323. The van der Waals surface area contributed by atoms with Gasteiger partial charge in [0.25, 0.3) is 0 Å². The Hall–Kier alpha value is -8.20. The summed E-state index contributed by atoms with van der Waals surface area (Å²) in [4.78, 5) is 2.44. The Labute approximate surface area is 374 Å². The first kappa shape index (κ1) is 37.6. The number of rotatable bonds is 6. The van der Waals surface area contributed by atoms with Gasteiger partial charge in [-0.2, -0.15) is 0 Å². The molecule has 2 nitrogen and oxygen atoms in total. The van der Waals surface area contributed by atoms with E-state index in [1.807, 2.05) is 0 Å². The van der Waals surface area contributed by atoms with Crippen molar-refractivity contribution in [2.45, 2.75) is 5.41 Å². The van der Waals surface area contributed by atoms with Crippen molar-refractivity contribution in [3.63, 3.8) is 0 Å². The molecule has 0 N–H and O–H groups in total. The van der Waals surface area contributed by atoms with Gasteiger partial charge in [0, 0.05) is 39.9 Å². The number of anilines is 2. The van der Waals surface area contributed by atoms with Crippen molar-refractivity contribution in [3.05, 3.63) is 277 Å². The minimum Gasteiger partial charge on any atom is -0.337 e. The van der Waals surface area contributed by atoms with Gasteiger partial charge in [-0.15, -0.1) is 0 Å². The van der Waals surface area contributed by atoms with E-state index in [0.717, 1.165) is 33.8 Å². The summed E-state index contributed by atoms with van der Waals surface area (Å²) in [6, 6.07) is 80.3. The van der Waals surface area contributed by atoms with E-state index in [9.17, 15) is 0 Å². The number of nitrogens with zero attached hydrogens (tertiary/aromatic N) is 2. The van der Waals surface area contributed by atoms with Crippen LogP contribution in [0, 0.1) is 0 Å². The van der Waals surface area contributed by atoms with Crippen LogP contribution in [-0.4, -0.2) is 11.1 Å². The first-order chi connectivity index (χ1) is 31.7. The van der Waals surface area contributed by atoms with Crippen molar-refractivity contribution in [2.24, 2.45) is 0 Å². The van der Waals surface area contributed by atoms with Crippen molar-refractivity contribution < 1.29 is 0 Å². The molecule has 0 radical (unpaired) electrons. The van der Waals surface area contributed by atoms with Crippen LogP contribution in [0.15, 0.2) is 249 Å². The highest BCUT2D eigenvalue weighted by molar-refractivity contribution is 6.10. The minimum atomic E-state index is -0.447. The SMILES string of the molecule is C=C1/C=C\C=C/CN(c2ccc(C3(c4ccccc4)c4ccccc4-c4ccccc43)cc2)c2cc(-c3ccc4c(c3)c3ccccc3n4-c3ccc(-c4ccccc4)cc3)ccc21.